The van der Waals surface area contributed by atoms with Gasteiger partial charge in [0.2, 0.25) is 0 Å². The molecule has 0 saturated heterocycles. The maximum Gasteiger partial charge on any atom is 0.147 e. The standard InChI is InChI=1S/C13H17N3OS/c1-9(2)12-15-16-13(18-12)10-4-3-5-11(8-10)17-7-6-14/h3-5,8-9H,6-7,14H2,1-2H3. The predicted octanol–water partition coefficient (Wildman–Crippen LogP) is 2.67. The van der Waals surface area contributed by atoms with Crippen molar-refractivity contribution in [2.45, 2.75) is 19.8 Å². The molecular formula is C13H17N3OS. The largest absolute Gasteiger partial charge is 0.492 e. The van der Waals surface area contributed by atoms with E-state index in [1.807, 2.05) is 24.3 Å². The summed E-state index contributed by atoms with van der Waals surface area (Å²) in [6, 6.07) is 7.86. The normalized spacial score (nSPS) is 10.9. The summed E-state index contributed by atoms with van der Waals surface area (Å²) >= 11 is 1.62. The van der Waals surface area contributed by atoms with E-state index in [4.69, 9.17) is 10.5 Å². The van der Waals surface area contributed by atoms with Crippen LogP contribution in [0.1, 0.15) is 24.8 Å². The first-order chi connectivity index (χ1) is 8.70. The number of rotatable bonds is 5. The molecule has 1 heterocycles. The first-order valence-corrected chi connectivity index (χ1v) is 6.79. The van der Waals surface area contributed by atoms with Gasteiger partial charge in [-0.2, -0.15) is 0 Å². The molecule has 0 radical (unpaired) electrons. The summed E-state index contributed by atoms with van der Waals surface area (Å²) in [5, 5.41) is 10.4. The molecule has 0 aliphatic heterocycles. The maximum atomic E-state index is 5.50. The minimum Gasteiger partial charge on any atom is -0.492 e. The van der Waals surface area contributed by atoms with Gasteiger partial charge in [-0.3, -0.25) is 0 Å². The second kappa shape index (κ2) is 5.93. The number of hydrogen-bond acceptors (Lipinski definition) is 5. The summed E-state index contributed by atoms with van der Waals surface area (Å²) < 4.78 is 5.50. The smallest absolute Gasteiger partial charge is 0.147 e. The van der Waals surface area contributed by atoms with Crippen molar-refractivity contribution in [1.29, 1.82) is 0 Å². The van der Waals surface area contributed by atoms with Gasteiger partial charge in [-0.15, -0.1) is 10.2 Å². The molecule has 96 valence electrons. The van der Waals surface area contributed by atoms with Crippen molar-refractivity contribution < 1.29 is 4.74 Å². The zero-order valence-corrected chi connectivity index (χ0v) is 11.4. The minimum absolute atomic E-state index is 0.410. The highest BCUT2D eigenvalue weighted by atomic mass is 32.1. The van der Waals surface area contributed by atoms with Crippen molar-refractivity contribution in [3.8, 4) is 16.3 Å². The van der Waals surface area contributed by atoms with Crippen molar-refractivity contribution in [1.82, 2.24) is 10.2 Å². The molecule has 1 aromatic heterocycles. The third-order valence-electron chi connectivity index (χ3n) is 2.40. The SMILES string of the molecule is CC(C)c1nnc(-c2cccc(OCCN)c2)s1. The van der Waals surface area contributed by atoms with Gasteiger partial charge < -0.3 is 10.5 Å². The van der Waals surface area contributed by atoms with Crippen LogP contribution in [0.25, 0.3) is 10.6 Å². The predicted molar refractivity (Wildman–Crippen MR) is 74.0 cm³/mol. The van der Waals surface area contributed by atoms with Crippen LogP contribution in [0.15, 0.2) is 24.3 Å². The summed E-state index contributed by atoms with van der Waals surface area (Å²) in [4.78, 5) is 0. The number of nitrogens with two attached hydrogens (primary N) is 1. The van der Waals surface area contributed by atoms with E-state index >= 15 is 0 Å². The quantitative estimate of drug-likeness (QED) is 0.901. The molecule has 2 N–H and O–H groups in total. The Bertz CT molecular complexity index is 510. The van der Waals surface area contributed by atoms with Crippen LogP contribution < -0.4 is 10.5 Å². The molecule has 0 amide bonds. The van der Waals surface area contributed by atoms with Gasteiger partial charge in [0, 0.05) is 18.0 Å². The maximum absolute atomic E-state index is 5.50. The van der Waals surface area contributed by atoms with Crippen LogP contribution in [0, 0.1) is 0 Å². The third-order valence-corrected chi connectivity index (χ3v) is 3.67. The number of benzene rings is 1. The van der Waals surface area contributed by atoms with Crippen LogP contribution in [0.3, 0.4) is 0 Å². The van der Waals surface area contributed by atoms with Gasteiger partial charge in [0.25, 0.3) is 0 Å². The van der Waals surface area contributed by atoms with Crippen molar-refractivity contribution in [2.24, 2.45) is 5.73 Å². The summed E-state index contributed by atoms with van der Waals surface area (Å²) in [7, 11) is 0. The summed E-state index contributed by atoms with van der Waals surface area (Å²) in [6.45, 7) is 5.27. The zero-order chi connectivity index (χ0) is 13.0. The lowest BCUT2D eigenvalue weighted by molar-refractivity contribution is 0.328. The molecule has 18 heavy (non-hydrogen) atoms. The van der Waals surface area contributed by atoms with Gasteiger partial charge in [0.05, 0.1) is 0 Å². The topological polar surface area (TPSA) is 61.0 Å². The van der Waals surface area contributed by atoms with Crippen LogP contribution in [-0.2, 0) is 0 Å². The van der Waals surface area contributed by atoms with Crippen molar-refractivity contribution >= 4 is 11.3 Å². The first kappa shape index (κ1) is 13.0. The minimum atomic E-state index is 0.410. The van der Waals surface area contributed by atoms with Gasteiger partial charge >= 0.3 is 0 Å². The Morgan fingerprint density at radius 3 is 2.83 bits per heavy atom. The Morgan fingerprint density at radius 2 is 2.17 bits per heavy atom. The molecule has 0 aliphatic carbocycles. The molecule has 0 atom stereocenters. The van der Waals surface area contributed by atoms with Gasteiger partial charge in [0.1, 0.15) is 22.4 Å². The molecule has 4 nitrogen and oxygen atoms in total. The molecule has 5 heteroatoms. The fraction of sp³-hybridized carbons (Fsp3) is 0.385. The number of nitrogens with zero attached hydrogens (tertiary/aromatic N) is 2. The number of hydrogen-bond donors (Lipinski definition) is 1. The Labute approximate surface area is 111 Å². The lowest BCUT2D eigenvalue weighted by Crippen LogP contribution is -2.10. The van der Waals surface area contributed by atoms with Gasteiger partial charge in [-0.05, 0) is 12.1 Å². The average Bonchev–Trinajstić information content (AvgIpc) is 2.86. The lowest BCUT2D eigenvalue weighted by Gasteiger charge is -2.05. The van der Waals surface area contributed by atoms with Crippen molar-refractivity contribution in [3.05, 3.63) is 29.3 Å². The summed E-state index contributed by atoms with van der Waals surface area (Å²) in [6.07, 6.45) is 0. The van der Waals surface area contributed by atoms with E-state index in [0.717, 1.165) is 21.3 Å². The van der Waals surface area contributed by atoms with E-state index in [-0.39, 0.29) is 0 Å². The Hall–Kier alpha value is -1.46. The van der Waals surface area contributed by atoms with Crippen molar-refractivity contribution in [3.63, 3.8) is 0 Å². The third kappa shape index (κ3) is 3.05. The molecule has 2 aromatic rings. The average molecular weight is 263 g/mol. The van der Waals surface area contributed by atoms with Gasteiger partial charge in [-0.1, -0.05) is 37.3 Å². The molecule has 0 spiro atoms. The highest BCUT2D eigenvalue weighted by molar-refractivity contribution is 7.14. The molecule has 0 aliphatic rings. The van der Waals surface area contributed by atoms with E-state index in [0.29, 0.717) is 19.1 Å². The summed E-state index contributed by atoms with van der Waals surface area (Å²) in [5.74, 6) is 1.23. The van der Waals surface area contributed by atoms with Gasteiger partial charge in [-0.25, -0.2) is 0 Å². The lowest BCUT2D eigenvalue weighted by atomic mass is 10.2. The number of aromatic nitrogens is 2. The molecule has 0 bridgehead atoms. The molecule has 0 unspecified atom stereocenters. The van der Waals surface area contributed by atoms with E-state index in [1.165, 1.54) is 0 Å². The highest BCUT2D eigenvalue weighted by Crippen LogP contribution is 2.29. The Kier molecular flexibility index (Phi) is 4.28. The van der Waals surface area contributed by atoms with E-state index in [9.17, 15) is 0 Å². The van der Waals surface area contributed by atoms with E-state index in [1.54, 1.807) is 11.3 Å². The van der Waals surface area contributed by atoms with E-state index < -0.39 is 0 Å². The fourth-order valence-electron chi connectivity index (χ4n) is 1.48. The molecular weight excluding hydrogens is 246 g/mol. The van der Waals surface area contributed by atoms with Crippen LogP contribution >= 0.6 is 11.3 Å². The van der Waals surface area contributed by atoms with Crippen molar-refractivity contribution in [2.75, 3.05) is 13.2 Å². The number of ether oxygens (including phenoxy) is 1. The van der Waals surface area contributed by atoms with Crippen LogP contribution in [-0.4, -0.2) is 23.3 Å². The monoisotopic (exact) mass is 263 g/mol. The van der Waals surface area contributed by atoms with E-state index in [2.05, 4.69) is 24.0 Å². The zero-order valence-electron chi connectivity index (χ0n) is 10.6. The molecule has 0 fully saturated rings. The van der Waals surface area contributed by atoms with Crippen LogP contribution in [0.2, 0.25) is 0 Å². The first-order valence-electron chi connectivity index (χ1n) is 5.97. The highest BCUT2D eigenvalue weighted by Gasteiger charge is 2.09. The van der Waals surface area contributed by atoms with Crippen LogP contribution in [0.5, 0.6) is 5.75 Å². The van der Waals surface area contributed by atoms with Crippen LogP contribution in [0.4, 0.5) is 0 Å². The molecule has 0 saturated carbocycles. The molecule has 1 aromatic carbocycles. The summed E-state index contributed by atoms with van der Waals surface area (Å²) in [5.41, 5.74) is 6.45. The Balaban J connectivity index is 2.21. The van der Waals surface area contributed by atoms with Gasteiger partial charge in [0.15, 0.2) is 0 Å². The second-order valence-corrected chi connectivity index (χ2v) is 5.27. The molecule has 2 rings (SSSR count). The second-order valence-electron chi connectivity index (χ2n) is 4.27. The Morgan fingerprint density at radius 1 is 1.33 bits per heavy atom. The fourth-order valence-corrected chi connectivity index (χ4v) is 2.32.